The van der Waals surface area contributed by atoms with Crippen molar-refractivity contribution >= 4 is 6.09 Å². The molecule has 6 nitrogen and oxygen atoms in total. The smallest absolute Gasteiger partial charge is 0.415 e. The predicted molar refractivity (Wildman–Crippen MR) is 101 cm³/mol. The van der Waals surface area contributed by atoms with Crippen LogP contribution in [0.5, 0.6) is 0 Å². The largest absolute Gasteiger partial charge is 0.444 e. The average Bonchev–Trinajstić information content (AvgIpc) is 2.72. The maximum absolute atomic E-state index is 12.9. The first-order valence-electron chi connectivity index (χ1n) is 8.99. The molecule has 1 aliphatic rings. The zero-order chi connectivity index (χ0) is 19.2. The highest BCUT2D eigenvalue weighted by Gasteiger charge is 2.43. The molecule has 0 radical (unpaired) electrons. The Bertz CT molecular complexity index is 821. The third-order valence-corrected chi connectivity index (χ3v) is 4.72. The quantitative estimate of drug-likeness (QED) is 0.567. The molecule has 0 bridgehead atoms. The maximum Gasteiger partial charge on any atom is 0.415 e. The normalized spacial score (nSPS) is 19.3. The molecular weight excluding hydrogens is 344 g/mol. The Labute approximate surface area is 158 Å². The summed E-state index contributed by atoms with van der Waals surface area (Å²) in [5, 5.41) is 11.7. The Morgan fingerprint density at radius 2 is 1.78 bits per heavy atom. The molecule has 140 valence electrons. The highest BCUT2D eigenvalue weighted by molar-refractivity contribution is 5.71. The van der Waals surface area contributed by atoms with Gasteiger partial charge in [-0.1, -0.05) is 73.7 Å². The number of nitro groups is 1. The molecule has 0 aliphatic carbocycles. The number of nitrogens with zero attached hydrogens (tertiary/aromatic N) is 2. The fraction of sp³-hybridized carbons (Fsp3) is 0.286. The summed E-state index contributed by atoms with van der Waals surface area (Å²) >= 11 is 0. The summed E-state index contributed by atoms with van der Waals surface area (Å²) in [6, 6.07) is 16.9. The van der Waals surface area contributed by atoms with E-state index in [-0.39, 0.29) is 18.0 Å². The van der Waals surface area contributed by atoms with E-state index in [9.17, 15) is 14.9 Å². The summed E-state index contributed by atoms with van der Waals surface area (Å²) in [5.41, 5.74) is 2.35. The lowest BCUT2D eigenvalue weighted by molar-refractivity contribution is -0.530. The van der Waals surface area contributed by atoms with Crippen LogP contribution in [0.2, 0.25) is 0 Å². The molecule has 1 amide bonds. The summed E-state index contributed by atoms with van der Waals surface area (Å²) in [6.07, 6.45) is 2.09. The van der Waals surface area contributed by atoms with E-state index in [1.807, 2.05) is 67.6 Å². The van der Waals surface area contributed by atoms with Gasteiger partial charge in [-0.3, -0.25) is 15.0 Å². The number of rotatable bonds is 5. The second-order valence-corrected chi connectivity index (χ2v) is 6.40. The van der Waals surface area contributed by atoms with Crippen molar-refractivity contribution in [1.82, 2.24) is 4.90 Å². The summed E-state index contributed by atoms with van der Waals surface area (Å²) in [4.78, 5) is 25.8. The number of carbonyl (C=O) groups excluding carboxylic acids is 1. The number of hydrogen-bond acceptors (Lipinski definition) is 4. The second-order valence-electron chi connectivity index (χ2n) is 6.40. The minimum Gasteiger partial charge on any atom is -0.444 e. The molecule has 2 aromatic carbocycles. The Kier molecular flexibility index (Phi) is 5.86. The molecule has 0 N–H and O–H groups in total. The van der Waals surface area contributed by atoms with Crippen LogP contribution in [0.25, 0.3) is 0 Å². The molecule has 0 spiro atoms. The van der Waals surface area contributed by atoms with Gasteiger partial charge in [-0.2, -0.15) is 0 Å². The van der Waals surface area contributed by atoms with E-state index in [1.54, 1.807) is 6.08 Å². The van der Waals surface area contributed by atoms with E-state index in [4.69, 9.17) is 4.74 Å². The van der Waals surface area contributed by atoms with Crippen molar-refractivity contribution in [2.75, 3.05) is 0 Å². The van der Waals surface area contributed by atoms with Gasteiger partial charge < -0.3 is 4.74 Å². The second kappa shape index (κ2) is 8.49. The predicted octanol–water partition coefficient (Wildman–Crippen LogP) is 4.71. The van der Waals surface area contributed by atoms with Gasteiger partial charge in [0.25, 0.3) is 0 Å². The Hall–Kier alpha value is -3.15. The van der Waals surface area contributed by atoms with Crippen molar-refractivity contribution in [1.29, 1.82) is 0 Å². The molecule has 3 rings (SSSR count). The summed E-state index contributed by atoms with van der Waals surface area (Å²) in [5.74, 6) is 0. The van der Waals surface area contributed by atoms with Crippen molar-refractivity contribution < 1.29 is 14.5 Å². The minimum absolute atomic E-state index is 0.123. The number of carbonyl (C=O) groups is 1. The van der Waals surface area contributed by atoms with Gasteiger partial charge in [0, 0.05) is 17.0 Å². The maximum atomic E-state index is 12.9. The zero-order valence-electron chi connectivity index (χ0n) is 15.2. The van der Waals surface area contributed by atoms with Crippen molar-refractivity contribution in [2.45, 2.75) is 38.5 Å². The van der Waals surface area contributed by atoms with Crippen LogP contribution >= 0.6 is 0 Å². The van der Waals surface area contributed by atoms with Crippen LogP contribution in [-0.4, -0.2) is 22.0 Å². The van der Waals surface area contributed by atoms with Crippen LogP contribution in [0.15, 0.2) is 72.4 Å². The molecule has 0 saturated carbocycles. The van der Waals surface area contributed by atoms with Crippen molar-refractivity contribution in [3.8, 4) is 0 Å². The van der Waals surface area contributed by atoms with Gasteiger partial charge in [0.2, 0.25) is 6.04 Å². The zero-order valence-corrected chi connectivity index (χ0v) is 15.2. The molecule has 1 heterocycles. The van der Waals surface area contributed by atoms with E-state index in [2.05, 4.69) is 0 Å². The molecule has 6 heteroatoms. The number of benzene rings is 2. The summed E-state index contributed by atoms with van der Waals surface area (Å²) < 4.78 is 5.50. The van der Waals surface area contributed by atoms with Crippen LogP contribution in [0.3, 0.4) is 0 Å². The van der Waals surface area contributed by atoms with Crippen LogP contribution in [0.1, 0.15) is 36.9 Å². The highest BCUT2D eigenvalue weighted by Crippen LogP contribution is 2.37. The topological polar surface area (TPSA) is 72.7 Å². The van der Waals surface area contributed by atoms with Crippen molar-refractivity contribution in [3.63, 3.8) is 0 Å². The number of allylic oxidation sites excluding steroid dienone is 1. The van der Waals surface area contributed by atoms with Gasteiger partial charge in [0.05, 0.1) is 0 Å². The molecule has 2 aromatic rings. The number of hydrogen-bond donors (Lipinski definition) is 0. The molecule has 27 heavy (non-hydrogen) atoms. The van der Waals surface area contributed by atoms with E-state index in [1.165, 1.54) is 4.90 Å². The number of ether oxygens (including phenoxy) is 1. The molecule has 0 saturated heterocycles. The van der Waals surface area contributed by atoms with E-state index < -0.39 is 18.2 Å². The first-order valence-corrected chi connectivity index (χ1v) is 8.99. The summed E-state index contributed by atoms with van der Waals surface area (Å²) in [6.45, 7) is 2.05. The first-order chi connectivity index (χ1) is 13.1. The standard InChI is InChI=1S/C21H22N2O4/c1-2-18-13-14-19(23(25)26)20(17-11-7-4-8-12-17)22(18)21(24)27-15-16-9-5-3-6-10-16/h3-13,19-20H,2,14-15H2,1H3. The van der Waals surface area contributed by atoms with Gasteiger partial charge in [0.15, 0.2) is 0 Å². The van der Waals surface area contributed by atoms with Crippen LogP contribution in [-0.2, 0) is 11.3 Å². The van der Waals surface area contributed by atoms with Crippen LogP contribution < -0.4 is 0 Å². The van der Waals surface area contributed by atoms with Gasteiger partial charge in [0.1, 0.15) is 12.6 Å². The Balaban J connectivity index is 1.91. The average molecular weight is 366 g/mol. The van der Waals surface area contributed by atoms with Gasteiger partial charge in [-0.15, -0.1) is 0 Å². The lowest BCUT2D eigenvalue weighted by Crippen LogP contribution is -2.45. The van der Waals surface area contributed by atoms with Gasteiger partial charge in [-0.25, -0.2) is 4.79 Å². The fourth-order valence-corrected chi connectivity index (χ4v) is 3.39. The molecule has 2 unspecified atom stereocenters. The molecule has 0 fully saturated rings. The minimum atomic E-state index is -0.910. The van der Waals surface area contributed by atoms with Gasteiger partial charge in [-0.05, 0) is 17.5 Å². The monoisotopic (exact) mass is 366 g/mol. The van der Waals surface area contributed by atoms with Gasteiger partial charge >= 0.3 is 6.09 Å². The van der Waals surface area contributed by atoms with Crippen LogP contribution in [0, 0.1) is 10.1 Å². The number of amides is 1. The Morgan fingerprint density at radius 1 is 1.15 bits per heavy atom. The third kappa shape index (κ3) is 4.16. The van der Waals surface area contributed by atoms with E-state index in [0.717, 1.165) is 16.8 Å². The highest BCUT2D eigenvalue weighted by atomic mass is 16.6. The summed E-state index contributed by atoms with van der Waals surface area (Å²) in [7, 11) is 0. The van der Waals surface area contributed by atoms with Crippen LogP contribution in [0.4, 0.5) is 4.79 Å². The van der Waals surface area contributed by atoms with E-state index in [0.29, 0.717) is 6.42 Å². The first kappa shape index (κ1) is 18.6. The molecular formula is C21H22N2O4. The Morgan fingerprint density at radius 3 is 2.37 bits per heavy atom. The molecule has 1 aliphatic heterocycles. The lowest BCUT2D eigenvalue weighted by Gasteiger charge is -2.37. The van der Waals surface area contributed by atoms with E-state index >= 15 is 0 Å². The third-order valence-electron chi connectivity index (χ3n) is 4.72. The molecule has 2 atom stereocenters. The SMILES string of the molecule is CCC1=CCC([N+](=O)[O-])C(c2ccccc2)N1C(=O)OCc1ccccc1. The van der Waals surface area contributed by atoms with Crippen molar-refractivity contribution in [3.05, 3.63) is 93.7 Å². The molecule has 0 aromatic heterocycles. The van der Waals surface area contributed by atoms with Crippen molar-refractivity contribution in [2.24, 2.45) is 0 Å². The lowest BCUT2D eigenvalue weighted by atomic mass is 9.91. The fourth-order valence-electron chi connectivity index (χ4n) is 3.39.